The Kier molecular flexibility index (Phi) is 3.21. The van der Waals surface area contributed by atoms with Crippen LogP contribution in [0.25, 0.3) is 10.2 Å². The summed E-state index contributed by atoms with van der Waals surface area (Å²) in [6.07, 6.45) is 0. The molecule has 0 radical (unpaired) electrons. The van der Waals surface area contributed by atoms with E-state index >= 15 is 0 Å². The minimum Gasteiger partial charge on any atom is -0.330 e. The van der Waals surface area contributed by atoms with Gasteiger partial charge in [-0.1, -0.05) is 13.8 Å². The summed E-state index contributed by atoms with van der Waals surface area (Å²) in [4.78, 5) is 4.46. The van der Waals surface area contributed by atoms with Crippen LogP contribution in [0.1, 0.15) is 24.8 Å². The summed E-state index contributed by atoms with van der Waals surface area (Å²) in [7, 11) is 0. The van der Waals surface area contributed by atoms with Crippen molar-refractivity contribution < 1.29 is 4.39 Å². The van der Waals surface area contributed by atoms with Crippen LogP contribution in [0, 0.1) is 11.7 Å². The fourth-order valence-electron chi connectivity index (χ4n) is 1.74. The molecule has 0 saturated heterocycles. The standard InChI is InChI=1S/C12H15FN2S/c1-7(2)9(6-14)12-15-10-5-8(13)3-4-11(10)16-12/h3-5,7,9H,6,14H2,1-2H3. The molecule has 1 atom stereocenters. The molecule has 1 unspecified atom stereocenters. The Morgan fingerprint density at radius 3 is 2.81 bits per heavy atom. The molecule has 1 aromatic heterocycles. The first-order valence-electron chi connectivity index (χ1n) is 5.38. The van der Waals surface area contributed by atoms with Crippen molar-refractivity contribution in [2.45, 2.75) is 19.8 Å². The number of rotatable bonds is 3. The Morgan fingerprint density at radius 1 is 1.44 bits per heavy atom. The number of halogens is 1. The van der Waals surface area contributed by atoms with E-state index in [0.717, 1.165) is 15.2 Å². The molecule has 0 fully saturated rings. The first-order valence-corrected chi connectivity index (χ1v) is 6.19. The maximum absolute atomic E-state index is 13.0. The van der Waals surface area contributed by atoms with E-state index in [0.29, 0.717) is 12.5 Å². The lowest BCUT2D eigenvalue weighted by atomic mass is 9.97. The second-order valence-corrected chi connectivity index (χ2v) is 5.31. The van der Waals surface area contributed by atoms with Gasteiger partial charge in [0.2, 0.25) is 0 Å². The molecule has 0 bridgehead atoms. The molecule has 0 saturated carbocycles. The Morgan fingerprint density at radius 2 is 2.19 bits per heavy atom. The average Bonchev–Trinajstić information content (AvgIpc) is 2.60. The van der Waals surface area contributed by atoms with Crippen LogP contribution < -0.4 is 5.73 Å². The summed E-state index contributed by atoms with van der Waals surface area (Å²) in [5.41, 5.74) is 6.49. The predicted molar refractivity (Wildman–Crippen MR) is 66.2 cm³/mol. The fourth-order valence-corrected chi connectivity index (χ4v) is 2.97. The van der Waals surface area contributed by atoms with Crippen LogP contribution in [0.5, 0.6) is 0 Å². The summed E-state index contributed by atoms with van der Waals surface area (Å²) in [6, 6.07) is 4.72. The van der Waals surface area contributed by atoms with Crippen molar-refractivity contribution in [2.75, 3.05) is 6.54 Å². The largest absolute Gasteiger partial charge is 0.330 e. The lowest BCUT2D eigenvalue weighted by Gasteiger charge is -2.15. The van der Waals surface area contributed by atoms with Crippen molar-refractivity contribution in [1.82, 2.24) is 4.98 Å². The van der Waals surface area contributed by atoms with Crippen LogP contribution in [0.3, 0.4) is 0 Å². The van der Waals surface area contributed by atoms with Crippen LogP contribution in [-0.2, 0) is 0 Å². The number of fused-ring (bicyclic) bond motifs is 1. The quantitative estimate of drug-likeness (QED) is 0.892. The molecule has 86 valence electrons. The topological polar surface area (TPSA) is 38.9 Å². The Hall–Kier alpha value is -1.00. The van der Waals surface area contributed by atoms with E-state index in [9.17, 15) is 4.39 Å². The van der Waals surface area contributed by atoms with Gasteiger partial charge in [-0.15, -0.1) is 11.3 Å². The van der Waals surface area contributed by atoms with Crippen molar-refractivity contribution >= 4 is 21.6 Å². The van der Waals surface area contributed by atoms with Crippen LogP contribution in [-0.4, -0.2) is 11.5 Å². The van der Waals surface area contributed by atoms with Gasteiger partial charge in [0.1, 0.15) is 5.82 Å². The molecule has 1 heterocycles. The smallest absolute Gasteiger partial charge is 0.125 e. The molecule has 0 aliphatic heterocycles. The van der Waals surface area contributed by atoms with Crippen LogP contribution >= 0.6 is 11.3 Å². The number of aromatic nitrogens is 1. The Balaban J connectivity index is 2.45. The minimum atomic E-state index is -0.238. The predicted octanol–water partition coefficient (Wildman–Crippen LogP) is 3.13. The zero-order valence-corrected chi connectivity index (χ0v) is 10.2. The molecule has 2 N–H and O–H groups in total. The van der Waals surface area contributed by atoms with Gasteiger partial charge in [-0.25, -0.2) is 9.37 Å². The van der Waals surface area contributed by atoms with Crippen molar-refractivity contribution in [3.05, 3.63) is 29.0 Å². The number of hydrogen-bond acceptors (Lipinski definition) is 3. The molecular formula is C12H15FN2S. The SMILES string of the molecule is CC(C)C(CN)c1nc2cc(F)ccc2s1. The van der Waals surface area contributed by atoms with E-state index < -0.39 is 0 Å². The first-order chi connectivity index (χ1) is 7.61. The van der Waals surface area contributed by atoms with E-state index in [1.807, 2.05) is 0 Å². The summed E-state index contributed by atoms with van der Waals surface area (Å²) in [5.74, 6) is 0.481. The lowest BCUT2D eigenvalue weighted by Crippen LogP contribution is -2.17. The van der Waals surface area contributed by atoms with Gasteiger partial charge >= 0.3 is 0 Å². The van der Waals surface area contributed by atoms with Crippen molar-refractivity contribution in [3.8, 4) is 0 Å². The third-order valence-electron chi connectivity index (χ3n) is 2.74. The maximum atomic E-state index is 13.0. The monoisotopic (exact) mass is 238 g/mol. The Bertz CT molecular complexity index is 493. The molecule has 2 nitrogen and oxygen atoms in total. The molecule has 0 spiro atoms. The number of hydrogen-bond donors (Lipinski definition) is 1. The van der Waals surface area contributed by atoms with Gasteiger partial charge in [-0.05, 0) is 18.1 Å². The van der Waals surface area contributed by atoms with E-state index in [-0.39, 0.29) is 11.7 Å². The Labute approximate surface area is 98.3 Å². The summed E-state index contributed by atoms with van der Waals surface area (Å²) >= 11 is 1.61. The first kappa shape index (κ1) is 11.5. The van der Waals surface area contributed by atoms with E-state index in [1.54, 1.807) is 17.4 Å². The second-order valence-electron chi connectivity index (χ2n) is 4.25. The highest BCUT2D eigenvalue weighted by Crippen LogP contribution is 2.31. The molecule has 0 amide bonds. The summed E-state index contributed by atoms with van der Waals surface area (Å²) in [6.45, 7) is 4.84. The summed E-state index contributed by atoms with van der Waals surface area (Å²) in [5, 5.41) is 1.01. The van der Waals surface area contributed by atoms with E-state index in [1.165, 1.54) is 12.1 Å². The van der Waals surface area contributed by atoms with Gasteiger partial charge in [0.05, 0.1) is 15.2 Å². The summed E-state index contributed by atoms with van der Waals surface area (Å²) < 4.78 is 14.1. The second kappa shape index (κ2) is 4.47. The zero-order valence-electron chi connectivity index (χ0n) is 9.40. The van der Waals surface area contributed by atoms with Crippen LogP contribution in [0.2, 0.25) is 0 Å². The van der Waals surface area contributed by atoms with Gasteiger partial charge in [-0.3, -0.25) is 0 Å². The fraction of sp³-hybridized carbons (Fsp3) is 0.417. The molecule has 2 aromatic rings. The van der Waals surface area contributed by atoms with Crippen molar-refractivity contribution in [3.63, 3.8) is 0 Å². The van der Waals surface area contributed by atoms with Crippen LogP contribution in [0.4, 0.5) is 4.39 Å². The number of nitrogens with two attached hydrogens (primary N) is 1. The maximum Gasteiger partial charge on any atom is 0.125 e. The molecule has 1 aromatic carbocycles. The van der Waals surface area contributed by atoms with Gasteiger partial charge in [-0.2, -0.15) is 0 Å². The molecule has 4 heteroatoms. The molecule has 16 heavy (non-hydrogen) atoms. The molecule has 0 aliphatic carbocycles. The third kappa shape index (κ3) is 2.08. The van der Waals surface area contributed by atoms with Gasteiger partial charge in [0.25, 0.3) is 0 Å². The van der Waals surface area contributed by atoms with Gasteiger partial charge < -0.3 is 5.73 Å². The lowest BCUT2D eigenvalue weighted by molar-refractivity contribution is 0.505. The molecule has 2 rings (SSSR count). The average molecular weight is 238 g/mol. The van der Waals surface area contributed by atoms with Gasteiger partial charge in [0.15, 0.2) is 0 Å². The van der Waals surface area contributed by atoms with Gasteiger partial charge in [0, 0.05) is 18.5 Å². The third-order valence-corrected chi connectivity index (χ3v) is 3.91. The van der Waals surface area contributed by atoms with Crippen LogP contribution in [0.15, 0.2) is 18.2 Å². The van der Waals surface area contributed by atoms with E-state index in [2.05, 4.69) is 18.8 Å². The molecular weight excluding hydrogens is 223 g/mol. The highest BCUT2D eigenvalue weighted by molar-refractivity contribution is 7.18. The minimum absolute atomic E-state index is 0.238. The zero-order chi connectivity index (χ0) is 11.7. The van der Waals surface area contributed by atoms with E-state index in [4.69, 9.17) is 5.73 Å². The highest BCUT2D eigenvalue weighted by atomic mass is 32.1. The molecule has 0 aliphatic rings. The van der Waals surface area contributed by atoms with Crippen molar-refractivity contribution in [1.29, 1.82) is 0 Å². The number of benzene rings is 1. The number of thiazole rings is 1. The highest BCUT2D eigenvalue weighted by Gasteiger charge is 2.18. The normalized spacial score (nSPS) is 13.6. The van der Waals surface area contributed by atoms with Crippen molar-refractivity contribution in [2.24, 2.45) is 11.7 Å². The number of nitrogens with zero attached hydrogens (tertiary/aromatic N) is 1.